The van der Waals surface area contributed by atoms with Crippen LogP contribution in [0, 0.1) is 0 Å². The molecule has 0 saturated heterocycles. The van der Waals surface area contributed by atoms with Gasteiger partial charge in [-0.05, 0) is 36.6 Å². The van der Waals surface area contributed by atoms with Crippen molar-refractivity contribution in [2.45, 2.75) is 26.0 Å². The molecule has 1 heterocycles. The van der Waals surface area contributed by atoms with Crippen LogP contribution in [-0.2, 0) is 27.3 Å². The molecule has 26 heavy (non-hydrogen) atoms. The van der Waals surface area contributed by atoms with E-state index < -0.39 is 12.1 Å². The molecular formula is C20H20ClNO4. The van der Waals surface area contributed by atoms with Crippen LogP contribution in [0.1, 0.15) is 18.1 Å². The van der Waals surface area contributed by atoms with Crippen LogP contribution in [0.4, 0.5) is 0 Å². The van der Waals surface area contributed by atoms with Gasteiger partial charge in [0.1, 0.15) is 5.75 Å². The standard InChI is InChI=1S/C20H20ClNO4/c1-14(26-19(23)13-25-18-9-5-4-8-17(18)21)20(24)22-11-10-15-6-2-3-7-16(15)12-22/h2-9,14H,10-13H2,1H3/t14-/m0/s1. The van der Waals surface area contributed by atoms with Crippen molar-refractivity contribution in [2.75, 3.05) is 13.2 Å². The number of carbonyl (C=O) groups is 2. The number of hydrogen-bond acceptors (Lipinski definition) is 4. The maximum absolute atomic E-state index is 12.6. The highest BCUT2D eigenvalue weighted by Gasteiger charge is 2.27. The lowest BCUT2D eigenvalue weighted by atomic mass is 9.99. The Morgan fingerprint density at radius 1 is 1.12 bits per heavy atom. The molecule has 5 nitrogen and oxygen atoms in total. The normalized spacial score (nSPS) is 14.3. The number of nitrogens with zero attached hydrogens (tertiary/aromatic N) is 1. The summed E-state index contributed by atoms with van der Waals surface area (Å²) in [5, 5.41) is 0.413. The third-order valence-electron chi connectivity index (χ3n) is 4.28. The number of ether oxygens (including phenoxy) is 2. The highest BCUT2D eigenvalue weighted by Crippen LogP contribution is 2.23. The molecule has 0 unspecified atom stereocenters. The van der Waals surface area contributed by atoms with E-state index in [0.717, 1.165) is 12.0 Å². The van der Waals surface area contributed by atoms with Gasteiger partial charge in [0.2, 0.25) is 0 Å². The van der Waals surface area contributed by atoms with E-state index in [9.17, 15) is 9.59 Å². The predicted molar refractivity (Wildman–Crippen MR) is 98.1 cm³/mol. The molecule has 0 aromatic heterocycles. The van der Waals surface area contributed by atoms with Crippen LogP contribution in [0.5, 0.6) is 5.75 Å². The molecule has 136 valence electrons. The molecule has 0 spiro atoms. The molecule has 0 fully saturated rings. The minimum atomic E-state index is -0.859. The predicted octanol–water partition coefficient (Wildman–Crippen LogP) is 3.24. The molecule has 1 aliphatic heterocycles. The van der Waals surface area contributed by atoms with E-state index >= 15 is 0 Å². The molecule has 1 atom stereocenters. The second kappa shape index (κ2) is 8.23. The lowest BCUT2D eigenvalue weighted by Crippen LogP contribution is -2.43. The zero-order valence-corrected chi connectivity index (χ0v) is 15.2. The van der Waals surface area contributed by atoms with Gasteiger partial charge >= 0.3 is 5.97 Å². The highest BCUT2D eigenvalue weighted by molar-refractivity contribution is 6.32. The number of rotatable bonds is 5. The van der Waals surface area contributed by atoms with Gasteiger partial charge in [-0.25, -0.2) is 4.79 Å². The van der Waals surface area contributed by atoms with Gasteiger partial charge in [0.15, 0.2) is 12.7 Å². The summed E-state index contributed by atoms with van der Waals surface area (Å²) in [5.74, 6) is -0.411. The molecular weight excluding hydrogens is 354 g/mol. The summed E-state index contributed by atoms with van der Waals surface area (Å²) in [6.07, 6.45) is -0.0549. The number of amides is 1. The Kier molecular flexibility index (Phi) is 5.78. The first kappa shape index (κ1) is 18.3. The molecule has 0 saturated carbocycles. The van der Waals surface area contributed by atoms with Crippen molar-refractivity contribution >= 4 is 23.5 Å². The van der Waals surface area contributed by atoms with Crippen molar-refractivity contribution in [3.63, 3.8) is 0 Å². The quantitative estimate of drug-likeness (QED) is 0.755. The Hall–Kier alpha value is -2.53. The second-order valence-corrected chi connectivity index (χ2v) is 6.54. The SMILES string of the molecule is C[C@H](OC(=O)COc1ccccc1Cl)C(=O)N1CCc2ccccc2C1. The van der Waals surface area contributed by atoms with Crippen molar-refractivity contribution in [1.82, 2.24) is 4.90 Å². The van der Waals surface area contributed by atoms with Crippen molar-refractivity contribution in [2.24, 2.45) is 0 Å². The third kappa shape index (κ3) is 4.35. The van der Waals surface area contributed by atoms with E-state index in [2.05, 4.69) is 6.07 Å². The van der Waals surface area contributed by atoms with Crippen LogP contribution in [0.2, 0.25) is 5.02 Å². The number of fused-ring (bicyclic) bond motifs is 1. The number of esters is 1. The van der Waals surface area contributed by atoms with Crippen LogP contribution in [-0.4, -0.2) is 36.0 Å². The number of hydrogen-bond donors (Lipinski definition) is 0. The van der Waals surface area contributed by atoms with E-state index in [1.165, 1.54) is 5.56 Å². The Morgan fingerprint density at radius 2 is 1.81 bits per heavy atom. The van der Waals surface area contributed by atoms with Crippen LogP contribution in [0.15, 0.2) is 48.5 Å². The molecule has 0 radical (unpaired) electrons. The van der Waals surface area contributed by atoms with Gasteiger partial charge in [-0.1, -0.05) is 48.0 Å². The average Bonchev–Trinajstić information content (AvgIpc) is 2.66. The van der Waals surface area contributed by atoms with E-state index in [0.29, 0.717) is 23.9 Å². The molecule has 3 rings (SSSR count). The maximum Gasteiger partial charge on any atom is 0.344 e. The summed E-state index contributed by atoms with van der Waals surface area (Å²) in [6.45, 7) is 2.43. The van der Waals surface area contributed by atoms with E-state index in [-0.39, 0.29) is 12.5 Å². The van der Waals surface area contributed by atoms with E-state index in [1.54, 1.807) is 36.1 Å². The Bertz CT molecular complexity index is 808. The van der Waals surface area contributed by atoms with Crippen molar-refractivity contribution in [1.29, 1.82) is 0 Å². The number of halogens is 1. The number of benzene rings is 2. The summed E-state index contributed by atoms with van der Waals surface area (Å²) in [7, 11) is 0. The van der Waals surface area contributed by atoms with E-state index in [1.807, 2.05) is 18.2 Å². The minimum absolute atomic E-state index is 0.203. The topological polar surface area (TPSA) is 55.8 Å². The second-order valence-electron chi connectivity index (χ2n) is 6.13. The first-order valence-electron chi connectivity index (χ1n) is 8.47. The lowest BCUT2D eigenvalue weighted by Gasteiger charge is -2.30. The Labute approximate surface area is 157 Å². The molecule has 2 aromatic carbocycles. The molecule has 1 aliphatic rings. The molecule has 0 aliphatic carbocycles. The van der Waals surface area contributed by atoms with Gasteiger partial charge in [-0.15, -0.1) is 0 Å². The number of para-hydroxylation sites is 1. The van der Waals surface area contributed by atoms with Gasteiger partial charge < -0.3 is 14.4 Å². The van der Waals surface area contributed by atoms with Crippen LogP contribution < -0.4 is 4.74 Å². The van der Waals surface area contributed by atoms with Gasteiger partial charge in [0.05, 0.1) is 5.02 Å². The van der Waals surface area contributed by atoms with Crippen molar-refractivity contribution in [3.05, 3.63) is 64.7 Å². The zero-order valence-electron chi connectivity index (χ0n) is 14.5. The third-order valence-corrected chi connectivity index (χ3v) is 4.59. The largest absolute Gasteiger partial charge is 0.480 e. The van der Waals surface area contributed by atoms with Gasteiger partial charge in [0.25, 0.3) is 5.91 Å². The van der Waals surface area contributed by atoms with Crippen molar-refractivity contribution in [3.8, 4) is 5.75 Å². The van der Waals surface area contributed by atoms with Gasteiger partial charge in [-0.2, -0.15) is 0 Å². The summed E-state index contributed by atoms with van der Waals surface area (Å²) in [6, 6.07) is 14.9. The Balaban J connectivity index is 1.51. The number of carbonyl (C=O) groups excluding carboxylic acids is 2. The van der Waals surface area contributed by atoms with Gasteiger partial charge in [-0.3, -0.25) is 4.79 Å². The van der Waals surface area contributed by atoms with Crippen LogP contribution >= 0.6 is 11.6 Å². The zero-order chi connectivity index (χ0) is 18.5. The monoisotopic (exact) mass is 373 g/mol. The average molecular weight is 374 g/mol. The first-order valence-corrected chi connectivity index (χ1v) is 8.85. The molecule has 0 N–H and O–H groups in total. The van der Waals surface area contributed by atoms with E-state index in [4.69, 9.17) is 21.1 Å². The fourth-order valence-corrected chi connectivity index (χ4v) is 3.11. The molecule has 2 aromatic rings. The fraction of sp³-hybridized carbons (Fsp3) is 0.300. The smallest absolute Gasteiger partial charge is 0.344 e. The fourth-order valence-electron chi connectivity index (χ4n) is 2.92. The van der Waals surface area contributed by atoms with Crippen molar-refractivity contribution < 1.29 is 19.1 Å². The summed E-state index contributed by atoms with van der Waals surface area (Å²) in [4.78, 5) is 26.2. The van der Waals surface area contributed by atoms with Crippen LogP contribution in [0.3, 0.4) is 0 Å². The first-order chi connectivity index (χ1) is 12.5. The molecule has 6 heteroatoms. The van der Waals surface area contributed by atoms with Gasteiger partial charge in [0, 0.05) is 13.1 Å². The molecule has 1 amide bonds. The summed E-state index contributed by atoms with van der Waals surface area (Å²) in [5.41, 5.74) is 2.39. The molecule has 0 bridgehead atoms. The Morgan fingerprint density at radius 3 is 2.58 bits per heavy atom. The lowest BCUT2D eigenvalue weighted by molar-refractivity contribution is -0.161. The summed E-state index contributed by atoms with van der Waals surface area (Å²) >= 11 is 5.97. The highest BCUT2D eigenvalue weighted by atomic mass is 35.5. The maximum atomic E-state index is 12.6. The van der Waals surface area contributed by atoms with Crippen LogP contribution in [0.25, 0.3) is 0 Å². The minimum Gasteiger partial charge on any atom is -0.480 e. The summed E-state index contributed by atoms with van der Waals surface area (Å²) < 4.78 is 10.6.